The minimum Gasteiger partial charge on any atom is -0.295 e. The largest absolute Gasteiger partial charge is 0.295 e. The van der Waals surface area contributed by atoms with E-state index in [0.717, 1.165) is 5.92 Å². The molecule has 17 heavy (non-hydrogen) atoms. The summed E-state index contributed by atoms with van der Waals surface area (Å²) in [6.07, 6.45) is 3.84. The second-order valence-corrected chi connectivity index (χ2v) is 6.73. The van der Waals surface area contributed by atoms with Gasteiger partial charge in [-0.1, -0.05) is 38.1 Å². The van der Waals surface area contributed by atoms with Crippen LogP contribution in [0.3, 0.4) is 0 Å². The van der Waals surface area contributed by atoms with Gasteiger partial charge in [0.2, 0.25) is 0 Å². The van der Waals surface area contributed by atoms with Gasteiger partial charge in [0.25, 0.3) is 0 Å². The fourth-order valence-electron chi connectivity index (χ4n) is 3.18. The third kappa shape index (κ3) is 1.82. The summed E-state index contributed by atoms with van der Waals surface area (Å²) < 4.78 is 0. The minimum absolute atomic E-state index is 0.226. The third-order valence-corrected chi connectivity index (χ3v) is 5.92. The molecule has 1 saturated heterocycles. The molecule has 1 spiro atoms. The molecule has 0 amide bonds. The Labute approximate surface area is 108 Å². The van der Waals surface area contributed by atoms with Gasteiger partial charge in [-0.2, -0.15) is 0 Å². The van der Waals surface area contributed by atoms with Gasteiger partial charge in [0.1, 0.15) is 0 Å². The molecule has 1 aliphatic heterocycles. The Morgan fingerprint density at radius 2 is 2.24 bits per heavy atom. The van der Waals surface area contributed by atoms with Crippen LogP contribution in [0.25, 0.3) is 0 Å². The van der Waals surface area contributed by atoms with Crippen LogP contribution in [0.15, 0.2) is 24.3 Å². The maximum Gasteiger partial charge on any atom is 0.0907 e. The molecule has 0 saturated carbocycles. The number of benzene rings is 1. The molecule has 0 radical (unpaired) electrons. The lowest BCUT2D eigenvalue weighted by Gasteiger charge is -2.38. The molecule has 1 aliphatic carbocycles. The van der Waals surface area contributed by atoms with Crippen molar-refractivity contribution < 1.29 is 0 Å². The molecule has 0 bridgehead atoms. The van der Waals surface area contributed by atoms with Gasteiger partial charge in [-0.05, 0) is 36.3 Å². The molecule has 1 aromatic carbocycles. The van der Waals surface area contributed by atoms with E-state index in [0.29, 0.717) is 6.04 Å². The zero-order valence-electron chi connectivity index (χ0n) is 10.7. The van der Waals surface area contributed by atoms with E-state index in [4.69, 9.17) is 0 Å². The maximum absolute atomic E-state index is 3.90. The second-order valence-electron chi connectivity index (χ2n) is 5.41. The molecular weight excluding hydrogens is 226 g/mol. The van der Waals surface area contributed by atoms with Gasteiger partial charge in [-0.15, -0.1) is 11.8 Å². The van der Waals surface area contributed by atoms with Crippen LogP contribution in [0.4, 0.5) is 0 Å². The van der Waals surface area contributed by atoms with Gasteiger partial charge in [-0.3, -0.25) is 5.32 Å². The Kier molecular flexibility index (Phi) is 2.95. The Bertz CT molecular complexity index is 417. The third-order valence-electron chi connectivity index (χ3n) is 4.32. The van der Waals surface area contributed by atoms with Crippen molar-refractivity contribution in [2.24, 2.45) is 0 Å². The molecule has 1 N–H and O–H groups in total. The molecule has 2 aliphatic rings. The highest BCUT2D eigenvalue weighted by atomic mass is 32.2. The van der Waals surface area contributed by atoms with E-state index in [-0.39, 0.29) is 4.87 Å². The summed E-state index contributed by atoms with van der Waals surface area (Å²) in [5.41, 5.74) is 3.12. The summed E-state index contributed by atoms with van der Waals surface area (Å²) in [6, 6.07) is 9.73. The average Bonchev–Trinajstić information content (AvgIpc) is 2.79. The molecule has 1 heterocycles. The van der Waals surface area contributed by atoms with Crippen molar-refractivity contribution >= 4 is 11.8 Å². The fourth-order valence-corrected chi connectivity index (χ4v) is 4.84. The van der Waals surface area contributed by atoms with Crippen molar-refractivity contribution in [3.63, 3.8) is 0 Å². The first-order chi connectivity index (χ1) is 8.25. The summed E-state index contributed by atoms with van der Waals surface area (Å²) in [4.78, 5) is 0.226. The number of fused-ring (bicyclic) bond motifs is 2. The first-order valence-corrected chi connectivity index (χ1v) is 7.75. The highest BCUT2D eigenvalue weighted by molar-refractivity contribution is 8.00. The highest BCUT2D eigenvalue weighted by Crippen LogP contribution is 2.50. The normalized spacial score (nSPS) is 36.1. The van der Waals surface area contributed by atoms with Crippen molar-refractivity contribution in [3.05, 3.63) is 35.4 Å². The SMILES string of the molecule is CCC1CSC2(CCC(C)c3ccccc32)N1. The quantitative estimate of drug-likeness (QED) is 0.809. The van der Waals surface area contributed by atoms with Crippen molar-refractivity contribution in [1.29, 1.82) is 0 Å². The molecule has 2 heteroatoms. The second kappa shape index (κ2) is 4.33. The summed E-state index contributed by atoms with van der Waals surface area (Å²) in [5, 5.41) is 3.90. The predicted molar refractivity (Wildman–Crippen MR) is 75.4 cm³/mol. The Hall–Kier alpha value is -0.470. The Morgan fingerprint density at radius 3 is 3.00 bits per heavy atom. The number of rotatable bonds is 1. The standard InChI is InChI=1S/C15H21NS/c1-3-12-10-17-15(16-12)9-8-11(2)13-6-4-5-7-14(13)15/h4-7,11-12,16H,3,8-10H2,1-2H3. The van der Waals surface area contributed by atoms with E-state index in [1.54, 1.807) is 11.1 Å². The van der Waals surface area contributed by atoms with E-state index in [1.807, 2.05) is 0 Å². The summed E-state index contributed by atoms with van der Waals surface area (Å²) in [6.45, 7) is 4.65. The van der Waals surface area contributed by atoms with Crippen molar-refractivity contribution in [3.8, 4) is 0 Å². The van der Waals surface area contributed by atoms with E-state index in [1.165, 1.54) is 25.0 Å². The molecule has 92 valence electrons. The predicted octanol–water partition coefficient (Wildman–Crippen LogP) is 3.85. The van der Waals surface area contributed by atoms with E-state index in [9.17, 15) is 0 Å². The Morgan fingerprint density at radius 1 is 1.41 bits per heavy atom. The van der Waals surface area contributed by atoms with Gasteiger partial charge in [0.05, 0.1) is 4.87 Å². The van der Waals surface area contributed by atoms with Gasteiger partial charge in [0, 0.05) is 11.8 Å². The van der Waals surface area contributed by atoms with Crippen molar-refractivity contribution in [2.75, 3.05) is 5.75 Å². The molecule has 1 nitrogen and oxygen atoms in total. The number of nitrogens with one attached hydrogen (secondary N) is 1. The summed E-state index contributed by atoms with van der Waals surface area (Å²) in [5.74, 6) is 1.99. The maximum atomic E-state index is 3.90. The van der Waals surface area contributed by atoms with Gasteiger partial charge in [-0.25, -0.2) is 0 Å². The zero-order chi connectivity index (χ0) is 11.9. The minimum atomic E-state index is 0.226. The summed E-state index contributed by atoms with van der Waals surface area (Å²) in [7, 11) is 0. The average molecular weight is 247 g/mol. The molecule has 3 rings (SSSR count). The summed E-state index contributed by atoms with van der Waals surface area (Å²) >= 11 is 2.13. The highest BCUT2D eigenvalue weighted by Gasteiger charge is 2.44. The van der Waals surface area contributed by atoms with E-state index in [2.05, 4.69) is 55.2 Å². The Balaban J connectivity index is 2.01. The smallest absolute Gasteiger partial charge is 0.0907 e. The van der Waals surface area contributed by atoms with Crippen LogP contribution < -0.4 is 5.32 Å². The van der Waals surface area contributed by atoms with Crippen LogP contribution >= 0.6 is 11.8 Å². The first kappa shape index (κ1) is 11.6. The van der Waals surface area contributed by atoms with Gasteiger partial charge >= 0.3 is 0 Å². The first-order valence-electron chi connectivity index (χ1n) is 6.76. The molecular formula is C15H21NS. The lowest BCUT2D eigenvalue weighted by atomic mass is 9.80. The lowest BCUT2D eigenvalue weighted by Crippen LogP contribution is -2.42. The molecule has 1 fully saturated rings. The van der Waals surface area contributed by atoms with Crippen LogP contribution in [0.5, 0.6) is 0 Å². The molecule has 1 aromatic rings. The van der Waals surface area contributed by atoms with E-state index < -0.39 is 0 Å². The fraction of sp³-hybridized carbons (Fsp3) is 0.600. The number of hydrogen-bond donors (Lipinski definition) is 1. The van der Waals surface area contributed by atoms with Gasteiger partial charge in [0.15, 0.2) is 0 Å². The van der Waals surface area contributed by atoms with Crippen LogP contribution in [-0.2, 0) is 4.87 Å². The van der Waals surface area contributed by atoms with Crippen LogP contribution in [-0.4, -0.2) is 11.8 Å². The monoisotopic (exact) mass is 247 g/mol. The number of thioether (sulfide) groups is 1. The van der Waals surface area contributed by atoms with Gasteiger partial charge < -0.3 is 0 Å². The molecule has 3 unspecified atom stereocenters. The topological polar surface area (TPSA) is 12.0 Å². The molecule has 3 atom stereocenters. The lowest BCUT2D eigenvalue weighted by molar-refractivity contribution is 0.374. The van der Waals surface area contributed by atoms with Crippen molar-refractivity contribution in [1.82, 2.24) is 5.32 Å². The van der Waals surface area contributed by atoms with Crippen LogP contribution in [0.1, 0.15) is 50.2 Å². The van der Waals surface area contributed by atoms with Crippen molar-refractivity contribution in [2.45, 2.75) is 49.9 Å². The van der Waals surface area contributed by atoms with E-state index >= 15 is 0 Å². The van der Waals surface area contributed by atoms with Crippen LogP contribution in [0, 0.1) is 0 Å². The zero-order valence-corrected chi connectivity index (χ0v) is 11.5. The number of hydrogen-bond acceptors (Lipinski definition) is 2. The molecule has 0 aromatic heterocycles. The van der Waals surface area contributed by atoms with Crippen LogP contribution in [0.2, 0.25) is 0 Å².